The number of rotatable bonds is 6. The third kappa shape index (κ3) is 4.40. The van der Waals surface area contributed by atoms with Crippen LogP contribution in [-0.2, 0) is 11.3 Å². The molecule has 0 aromatic heterocycles. The SMILES string of the molecule is OCC(F)(F)CNCc1ccc(N2CCOCC2)cc1. The number of nitrogens with one attached hydrogen (secondary N) is 1. The predicted molar refractivity (Wildman–Crippen MR) is 73.2 cm³/mol. The van der Waals surface area contributed by atoms with Crippen LogP contribution in [0.2, 0.25) is 0 Å². The molecule has 1 saturated heterocycles. The van der Waals surface area contributed by atoms with Gasteiger partial charge in [-0.1, -0.05) is 12.1 Å². The molecule has 1 fully saturated rings. The molecule has 20 heavy (non-hydrogen) atoms. The molecule has 0 radical (unpaired) electrons. The monoisotopic (exact) mass is 286 g/mol. The Bertz CT molecular complexity index is 406. The molecule has 112 valence electrons. The molecule has 2 rings (SSSR count). The second kappa shape index (κ2) is 6.97. The summed E-state index contributed by atoms with van der Waals surface area (Å²) in [6, 6.07) is 7.84. The molecule has 1 aliphatic heterocycles. The number of aliphatic hydroxyl groups is 1. The van der Waals surface area contributed by atoms with Crippen molar-refractivity contribution < 1.29 is 18.6 Å². The van der Waals surface area contributed by atoms with E-state index in [1.165, 1.54) is 0 Å². The number of morpholine rings is 1. The van der Waals surface area contributed by atoms with Crippen LogP contribution in [0.25, 0.3) is 0 Å². The first-order valence-corrected chi connectivity index (χ1v) is 6.72. The Labute approximate surface area is 117 Å². The van der Waals surface area contributed by atoms with Gasteiger partial charge in [-0.05, 0) is 17.7 Å². The van der Waals surface area contributed by atoms with E-state index in [1.807, 2.05) is 24.3 Å². The van der Waals surface area contributed by atoms with E-state index in [2.05, 4.69) is 10.2 Å². The molecular weight excluding hydrogens is 266 g/mol. The fraction of sp³-hybridized carbons (Fsp3) is 0.571. The number of alkyl halides is 2. The van der Waals surface area contributed by atoms with E-state index in [0.717, 1.165) is 37.6 Å². The fourth-order valence-corrected chi connectivity index (χ4v) is 2.09. The second-order valence-electron chi connectivity index (χ2n) is 4.88. The predicted octanol–water partition coefficient (Wildman–Crippen LogP) is 1.24. The minimum atomic E-state index is -3.06. The Balaban J connectivity index is 1.82. The van der Waals surface area contributed by atoms with Crippen LogP contribution < -0.4 is 10.2 Å². The zero-order valence-electron chi connectivity index (χ0n) is 11.3. The molecule has 0 atom stereocenters. The van der Waals surface area contributed by atoms with Gasteiger partial charge in [-0.2, -0.15) is 0 Å². The van der Waals surface area contributed by atoms with Crippen LogP contribution in [-0.4, -0.2) is 50.5 Å². The summed E-state index contributed by atoms with van der Waals surface area (Å²) >= 11 is 0. The number of halogens is 2. The first kappa shape index (κ1) is 15.2. The van der Waals surface area contributed by atoms with Crippen LogP contribution in [0.15, 0.2) is 24.3 Å². The maximum Gasteiger partial charge on any atom is 0.282 e. The van der Waals surface area contributed by atoms with Crippen LogP contribution in [0.4, 0.5) is 14.5 Å². The van der Waals surface area contributed by atoms with Crippen molar-refractivity contribution in [1.29, 1.82) is 0 Å². The summed E-state index contributed by atoms with van der Waals surface area (Å²) in [7, 11) is 0. The highest BCUT2D eigenvalue weighted by Crippen LogP contribution is 2.17. The minimum absolute atomic E-state index is 0.360. The zero-order chi connectivity index (χ0) is 14.4. The molecule has 0 amide bonds. The fourth-order valence-electron chi connectivity index (χ4n) is 2.09. The maximum atomic E-state index is 12.8. The molecule has 0 unspecified atom stereocenters. The van der Waals surface area contributed by atoms with Crippen molar-refractivity contribution in [3.63, 3.8) is 0 Å². The first-order chi connectivity index (χ1) is 9.61. The summed E-state index contributed by atoms with van der Waals surface area (Å²) in [6.07, 6.45) is 0. The van der Waals surface area contributed by atoms with Crippen LogP contribution >= 0.6 is 0 Å². The lowest BCUT2D eigenvalue weighted by molar-refractivity contribution is -0.0477. The van der Waals surface area contributed by atoms with E-state index >= 15 is 0 Å². The highest BCUT2D eigenvalue weighted by molar-refractivity contribution is 5.47. The van der Waals surface area contributed by atoms with E-state index in [0.29, 0.717) is 6.54 Å². The average Bonchev–Trinajstić information content (AvgIpc) is 2.49. The molecule has 1 aromatic rings. The summed E-state index contributed by atoms with van der Waals surface area (Å²) in [6.45, 7) is 1.93. The van der Waals surface area contributed by atoms with Gasteiger partial charge in [0.25, 0.3) is 5.92 Å². The number of ether oxygens (including phenoxy) is 1. The molecule has 0 saturated carbocycles. The Kier molecular flexibility index (Phi) is 5.28. The second-order valence-corrected chi connectivity index (χ2v) is 4.88. The standard InChI is InChI=1S/C14H20F2N2O2/c15-14(16,11-19)10-17-9-12-1-3-13(4-2-12)18-5-7-20-8-6-18/h1-4,17,19H,5-11H2. The van der Waals surface area contributed by atoms with Gasteiger partial charge in [0.05, 0.1) is 19.8 Å². The maximum absolute atomic E-state index is 12.8. The minimum Gasteiger partial charge on any atom is -0.390 e. The van der Waals surface area contributed by atoms with Gasteiger partial charge in [0.2, 0.25) is 0 Å². The molecule has 1 heterocycles. The number of hydrogen-bond donors (Lipinski definition) is 2. The molecular formula is C14H20F2N2O2. The molecule has 6 heteroatoms. The van der Waals surface area contributed by atoms with Gasteiger partial charge in [0, 0.05) is 25.3 Å². The molecule has 0 bridgehead atoms. The molecule has 1 aliphatic rings. The number of nitrogens with zero attached hydrogens (tertiary/aromatic N) is 1. The Morgan fingerprint density at radius 1 is 1.20 bits per heavy atom. The smallest absolute Gasteiger partial charge is 0.282 e. The molecule has 2 N–H and O–H groups in total. The summed E-state index contributed by atoms with van der Waals surface area (Å²) in [5, 5.41) is 11.1. The van der Waals surface area contributed by atoms with Crippen molar-refractivity contribution in [3.05, 3.63) is 29.8 Å². The van der Waals surface area contributed by atoms with Gasteiger partial charge < -0.3 is 20.1 Å². The summed E-state index contributed by atoms with van der Waals surface area (Å²) in [5.41, 5.74) is 2.06. The van der Waals surface area contributed by atoms with E-state index < -0.39 is 19.1 Å². The van der Waals surface area contributed by atoms with Crippen LogP contribution in [0.1, 0.15) is 5.56 Å². The lowest BCUT2D eigenvalue weighted by atomic mass is 10.2. The highest BCUT2D eigenvalue weighted by Gasteiger charge is 2.26. The molecule has 4 nitrogen and oxygen atoms in total. The van der Waals surface area contributed by atoms with Gasteiger partial charge in [-0.3, -0.25) is 0 Å². The Hall–Kier alpha value is -1.24. The van der Waals surface area contributed by atoms with Gasteiger partial charge in [0.15, 0.2) is 0 Å². The van der Waals surface area contributed by atoms with Gasteiger partial charge in [0.1, 0.15) is 6.61 Å². The molecule has 1 aromatic carbocycles. The van der Waals surface area contributed by atoms with Crippen LogP contribution in [0, 0.1) is 0 Å². The van der Waals surface area contributed by atoms with Gasteiger partial charge in [-0.15, -0.1) is 0 Å². The van der Waals surface area contributed by atoms with Crippen molar-refractivity contribution in [2.75, 3.05) is 44.4 Å². The largest absolute Gasteiger partial charge is 0.390 e. The zero-order valence-corrected chi connectivity index (χ0v) is 11.3. The molecule has 0 spiro atoms. The summed E-state index contributed by atoms with van der Waals surface area (Å²) in [4.78, 5) is 2.24. The topological polar surface area (TPSA) is 44.7 Å². The highest BCUT2D eigenvalue weighted by atomic mass is 19.3. The number of aliphatic hydroxyl groups excluding tert-OH is 1. The average molecular weight is 286 g/mol. The van der Waals surface area contributed by atoms with Crippen molar-refractivity contribution in [3.8, 4) is 0 Å². The lowest BCUT2D eigenvalue weighted by Crippen LogP contribution is -2.36. The van der Waals surface area contributed by atoms with Gasteiger partial charge in [-0.25, -0.2) is 8.78 Å². The van der Waals surface area contributed by atoms with Crippen LogP contribution in [0.5, 0.6) is 0 Å². The quantitative estimate of drug-likeness (QED) is 0.826. The van der Waals surface area contributed by atoms with Crippen molar-refractivity contribution >= 4 is 5.69 Å². The molecule has 0 aliphatic carbocycles. The first-order valence-electron chi connectivity index (χ1n) is 6.72. The number of benzene rings is 1. The van der Waals surface area contributed by atoms with Crippen molar-refractivity contribution in [1.82, 2.24) is 5.32 Å². The lowest BCUT2D eigenvalue weighted by Gasteiger charge is -2.28. The Morgan fingerprint density at radius 3 is 2.45 bits per heavy atom. The summed E-state index contributed by atoms with van der Waals surface area (Å²) in [5.74, 6) is -3.06. The van der Waals surface area contributed by atoms with Crippen LogP contribution in [0.3, 0.4) is 0 Å². The summed E-state index contributed by atoms with van der Waals surface area (Å²) < 4.78 is 31.0. The van der Waals surface area contributed by atoms with E-state index in [-0.39, 0.29) is 0 Å². The Morgan fingerprint density at radius 2 is 1.85 bits per heavy atom. The van der Waals surface area contributed by atoms with E-state index in [1.54, 1.807) is 0 Å². The van der Waals surface area contributed by atoms with E-state index in [4.69, 9.17) is 9.84 Å². The van der Waals surface area contributed by atoms with Gasteiger partial charge >= 0.3 is 0 Å². The van der Waals surface area contributed by atoms with Crippen molar-refractivity contribution in [2.24, 2.45) is 0 Å². The third-order valence-corrected chi connectivity index (χ3v) is 3.26. The third-order valence-electron chi connectivity index (χ3n) is 3.26. The number of anilines is 1. The number of hydrogen-bond acceptors (Lipinski definition) is 4. The van der Waals surface area contributed by atoms with E-state index in [9.17, 15) is 8.78 Å². The normalized spacial score (nSPS) is 16.4. The van der Waals surface area contributed by atoms with Crippen molar-refractivity contribution in [2.45, 2.75) is 12.5 Å².